The summed E-state index contributed by atoms with van der Waals surface area (Å²) in [6.45, 7) is 6.20. The third kappa shape index (κ3) is 13.8. The Bertz CT molecular complexity index is 910. The molecule has 1 aliphatic rings. The summed E-state index contributed by atoms with van der Waals surface area (Å²) < 4.78 is 10.7. The SMILES string of the molecule is C=C(CCCCCCCC)C(=O)O[C@@H]1C[C@H](O)[C@H](C/C=C\CCCC(=O)OC)[C@H]1CC[C@@H](O)CCc1ccccc1. The number of carbonyl (C=O) groups excluding carboxylic acids is 2. The lowest BCUT2D eigenvalue weighted by molar-refractivity contribution is -0.147. The first kappa shape index (κ1) is 34.8. The van der Waals surface area contributed by atoms with Gasteiger partial charge in [0, 0.05) is 24.3 Å². The average Bonchev–Trinajstić information content (AvgIpc) is 3.27. The number of aliphatic hydroxyl groups is 2. The van der Waals surface area contributed by atoms with Gasteiger partial charge in [-0.3, -0.25) is 4.79 Å². The number of hydrogen-bond donors (Lipinski definition) is 2. The molecule has 0 aromatic heterocycles. The van der Waals surface area contributed by atoms with Crippen LogP contribution in [0.3, 0.4) is 0 Å². The van der Waals surface area contributed by atoms with Gasteiger partial charge >= 0.3 is 11.9 Å². The number of rotatable bonds is 21. The summed E-state index contributed by atoms with van der Waals surface area (Å²) in [5, 5.41) is 21.7. The summed E-state index contributed by atoms with van der Waals surface area (Å²) >= 11 is 0. The predicted molar refractivity (Wildman–Crippen MR) is 164 cm³/mol. The lowest BCUT2D eigenvalue weighted by Gasteiger charge is -2.26. The van der Waals surface area contributed by atoms with Gasteiger partial charge in [0.15, 0.2) is 0 Å². The highest BCUT2D eigenvalue weighted by Gasteiger charge is 2.43. The zero-order chi connectivity index (χ0) is 29.9. The standard InChI is InChI=1S/C35H54O6/c1-4-5-6-7-8-12-17-27(2)35(39)41-33-26-32(37)30(20-15-9-10-16-21-34(38)40-3)31(33)25-24-29(36)23-22-28-18-13-11-14-19-28/h9,11,13-15,18-19,29-33,36-37H,2,4-8,10,12,16-17,20-26H2,1,3H3/b15-9-/t29-,30+,31+,32-,33+/m0/s1. The van der Waals surface area contributed by atoms with Crippen molar-refractivity contribution in [3.63, 3.8) is 0 Å². The first-order valence-electron chi connectivity index (χ1n) is 15.9. The van der Waals surface area contributed by atoms with Gasteiger partial charge in [0.2, 0.25) is 0 Å². The Kier molecular flexibility index (Phi) is 17.3. The molecule has 41 heavy (non-hydrogen) atoms. The largest absolute Gasteiger partial charge is 0.469 e. The smallest absolute Gasteiger partial charge is 0.333 e. The van der Waals surface area contributed by atoms with Gasteiger partial charge in [-0.25, -0.2) is 4.79 Å². The molecule has 0 radical (unpaired) electrons. The van der Waals surface area contributed by atoms with Crippen LogP contribution in [0.2, 0.25) is 0 Å². The van der Waals surface area contributed by atoms with Crippen molar-refractivity contribution in [2.24, 2.45) is 11.8 Å². The second-order valence-electron chi connectivity index (χ2n) is 11.6. The van der Waals surface area contributed by atoms with Crippen LogP contribution >= 0.6 is 0 Å². The number of aliphatic hydroxyl groups excluding tert-OH is 2. The Balaban J connectivity index is 1.93. The van der Waals surface area contributed by atoms with Crippen LogP contribution in [0, 0.1) is 11.8 Å². The van der Waals surface area contributed by atoms with Crippen molar-refractivity contribution in [2.75, 3.05) is 7.11 Å². The molecule has 1 fully saturated rings. The third-order valence-corrected chi connectivity index (χ3v) is 8.37. The summed E-state index contributed by atoms with van der Waals surface area (Å²) in [6, 6.07) is 10.1. The fourth-order valence-corrected chi connectivity index (χ4v) is 5.80. The van der Waals surface area contributed by atoms with E-state index >= 15 is 0 Å². The Morgan fingerprint density at radius 1 is 1.00 bits per heavy atom. The molecule has 1 aromatic carbocycles. The molecule has 0 spiro atoms. The van der Waals surface area contributed by atoms with Gasteiger partial charge in [-0.05, 0) is 69.3 Å². The molecule has 6 nitrogen and oxygen atoms in total. The Morgan fingerprint density at radius 3 is 2.46 bits per heavy atom. The molecule has 0 aliphatic heterocycles. The molecule has 2 N–H and O–H groups in total. The molecule has 1 aromatic rings. The molecule has 0 saturated heterocycles. The monoisotopic (exact) mass is 570 g/mol. The summed E-state index contributed by atoms with van der Waals surface area (Å²) in [4.78, 5) is 24.3. The second kappa shape index (κ2) is 20.4. The first-order valence-corrected chi connectivity index (χ1v) is 15.9. The Labute approximate surface area is 248 Å². The maximum absolute atomic E-state index is 12.9. The van der Waals surface area contributed by atoms with Crippen LogP contribution in [0.25, 0.3) is 0 Å². The van der Waals surface area contributed by atoms with E-state index in [1.54, 1.807) is 0 Å². The van der Waals surface area contributed by atoms with Crippen LogP contribution in [0.1, 0.15) is 109 Å². The number of allylic oxidation sites excluding steroid dienone is 2. The maximum atomic E-state index is 12.9. The molecule has 230 valence electrons. The summed E-state index contributed by atoms with van der Waals surface area (Å²) in [5.74, 6) is -0.665. The normalized spacial score (nSPS) is 21.2. The minimum Gasteiger partial charge on any atom is -0.469 e. The molecule has 0 amide bonds. The highest BCUT2D eigenvalue weighted by Crippen LogP contribution is 2.40. The van der Waals surface area contributed by atoms with Crippen molar-refractivity contribution in [1.82, 2.24) is 0 Å². The van der Waals surface area contributed by atoms with Crippen molar-refractivity contribution in [3.05, 3.63) is 60.2 Å². The van der Waals surface area contributed by atoms with E-state index in [0.717, 1.165) is 25.7 Å². The van der Waals surface area contributed by atoms with Crippen molar-refractivity contribution < 1.29 is 29.3 Å². The number of carbonyl (C=O) groups is 2. The first-order chi connectivity index (χ1) is 19.8. The highest BCUT2D eigenvalue weighted by molar-refractivity contribution is 5.87. The predicted octanol–water partition coefficient (Wildman–Crippen LogP) is 7.27. The lowest BCUT2D eigenvalue weighted by atomic mass is 9.85. The second-order valence-corrected chi connectivity index (χ2v) is 11.6. The summed E-state index contributed by atoms with van der Waals surface area (Å²) in [5.41, 5.74) is 1.71. The van der Waals surface area contributed by atoms with Crippen LogP contribution in [-0.2, 0) is 25.5 Å². The van der Waals surface area contributed by atoms with Crippen molar-refractivity contribution in [1.29, 1.82) is 0 Å². The molecule has 1 aliphatic carbocycles. The van der Waals surface area contributed by atoms with E-state index < -0.39 is 18.3 Å². The van der Waals surface area contributed by atoms with Crippen LogP contribution in [-0.4, -0.2) is 47.6 Å². The number of ether oxygens (including phenoxy) is 2. The summed E-state index contributed by atoms with van der Waals surface area (Å²) in [7, 11) is 1.39. The number of unbranched alkanes of at least 4 members (excludes halogenated alkanes) is 6. The lowest BCUT2D eigenvalue weighted by Crippen LogP contribution is -2.27. The average molecular weight is 571 g/mol. The van der Waals surface area contributed by atoms with Crippen molar-refractivity contribution >= 4 is 11.9 Å². The van der Waals surface area contributed by atoms with Crippen LogP contribution in [0.4, 0.5) is 0 Å². The molecule has 2 rings (SSSR count). The third-order valence-electron chi connectivity index (χ3n) is 8.37. The van der Waals surface area contributed by atoms with Gasteiger partial charge in [-0.15, -0.1) is 0 Å². The van der Waals surface area contributed by atoms with E-state index in [4.69, 9.17) is 9.47 Å². The Morgan fingerprint density at radius 2 is 1.73 bits per heavy atom. The van der Waals surface area contributed by atoms with Gasteiger partial charge in [0.1, 0.15) is 6.10 Å². The van der Waals surface area contributed by atoms with Gasteiger partial charge < -0.3 is 19.7 Å². The number of esters is 2. The summed E-state index contributed by atoms with van der Waals surface area (Å²) in [6.07, 6.45) is 15.9. The molecule has 0 unspecified atom stereocenters. The van der Waals surface area contributed by atoms with Crippen molar-refractivity contribution in [3.8, 4) is 0 Å². The van der Waals surface area contributed by atoms with E-state index in [9.17, 15) is 19.8 Å². The highest BCUT2D eigenvalue weighted by atomic mass is 16.5. The molecule has 0 bridgehead atoms. The minimum absolute atomic E-state index is 0.0399. The quantitative estimate of drug-likeness (QED) is 0.0699. The zero-order valence-electron chi connectivity index (χ0n) is 25.5. The number of benzene rings is 1. The molecule has 6 heteroatoms. The fraction of sp³-hybridized carbons (Fsp3) is 0.657. The van der Waals surface area contributed by atoms with Gasteiger partial charge in [0.05, 0.1) is 19.3 Å². The van der Waals surface area contributed by atoms with E-state index in [1.165, 1.54) is 38.4 Å². The van der Waals surface area contributed by atoms with Crippen molar-refractivity contribution in [2.45, 2.75) is 128 Å². The zero-order valence-corrected chi connectivity index (χ0v) is 25.5. The van der Waals surface area contributed by atoms with Gasteiger partial charge in [0.25, 0.3) is 0 Å². The van der Waals surface area contributed by atoms with E-state index in [1.807, 2.05) is 24.3 Å². The van der Waals surface area contributed by atoms with E-state index in [0.29, 0.717) is 56.9 Å². The maximum Gasteiger partial charge on any atom is 0.333 e. The molecule has 5 atom stereocenters. The van der Waals surface area contributed by atoms with Crippen LogP contribution in [0.15, 0.2) is 54.6 Å². The number of aryl methyl sites for hydroxylation is 1. The van der Waals surface area contributed by atoms with Gasteiger partial charge in [-0.1, -0.05) is 88.1 Å². The Hall–Kier alpha value is -2.44. The van der Waals surface area contributed by atoms with Crippen LogP contribution in [0.5, 0.6) is 0 Å². The van der Waals surface area contributed by atoms with Gasteiger partial charge in [-0.2, -0.15) is 0 Å². The molecule has 1 saturated carbocycles. The molecular weight excluding hydrogens is 516 g/mol. The number of methoxy groups -OCH3 is 1. The topological polar surface area (TPSA) is 93.1 Å². The minimum atomic E-state index is -0.578. The van der Waals surface area contributed by atoms with Crippen LogP contribution < -0.4 is 0 Å². The molecular formula is C35H54O6. The fourth-order valence-electron chi connectivity index (χ4n) is 5.80. The van der Waals surface area contributed by atoms with E-state index in [-0.39, 0.29) is 23.8 Å². The molecule has 0 heterocycles. The number of hydrogen-bond acceptors (Lipinski definition) is 6. The van der Waals surface area contributed by atoms with E-state index in [2.05, 4.69) is 31.7 Å².